The van der Waals surface area contributed by atoms with E-state index in [9.17, 15) is 9.59 Å². The van der Waals surface area contributed by atoms with Gasteiger partial charge in [0.1, 0.15) is 0 Å². The highest BCUT2D eigenvalue weighted by atomic mass is 16.2. The lowest BCUT2D eigenvalue weighted by Crippen LogP contribution is -2.57. The average molecular weight is 211 g/mol. The lowest BCUT2D eigenvalue weighted by atomic mass is 10.0. The Morgan fingerprint density at radius 2 is 1.93 bits per heavy atom. The predicted molar refractivity (Wildman–Crippen MR) is 55.2 cm³/mol. The van der Waals surface area contributed by atoms with Gasteiger partial charge in [-0.2, -0.15) is 0 Å². The van der Waals surface area contributed by atoms with E-state index in [1.54, 1.807) is 4.90 Å². The van der Waals surface area contributed by atoms with Gasteiger partial charge in [-0.1, -0.05) is 0 Å². The first-order chi connectivity index (χ1) is 7.16. The van der Waals surface area contributed by atoms with Crippen molar-refractivity contribution in [2.75, 3.05) is 33.2 Å². The van der Waals surface area contributed by atoms with Gasteiger partial charge >= 0.3 is 0 Å². The molecule has 2 aliphatic heterocycles. The van der Waals surface area contributed by atoms with E-state index in [4.69, 9.17) is 0 Å². The number of likely N-dealkylation sites (tertiary alicyclic amines) is 1. The smallest absolute Gasteiger partial charge is 0.242 e. The van der Waals surface area contributed by atoms with Crippen molar-refractivity contribution in [1.82, 2.24) is 15.1 Å². The van der Waals surface area contributed by atoms with E-state index in [0.717, 1.165) is 25.9 Å². The Kier molecular flexibility index (Phi) is 2.90. The minimum Gasteiger partial charge on any atom is -0.345 e. The second-order valence-corrected chi connectivity index (χ2v) is 4.33. The van der Waals surface area contributed by atoms with E-state index in [-0.39, 0.29) is 30.9 Å². The number of piperidine rings is 1. The molecule has 1 N–H and O–H groups in total. The number of nitrogens with one attached hydrogen (secondary N) is 1. The average Bonchev–Trinajstić information content (AvgIpc) is 2.23. The van der Waals surface area contributed by atoms with Crippen LogP contribution in [0.1, 0.15) is 12.8 Å². The summed E-state index contributed by atoms with van der Waals surface area (Å²) in [5.41, 5.74) is 0. The quantitative estimate of drug-likeness (QED) is 0.608. The third kappa shape index (κ3) is 2.28. The van der Waals surface area contributed by atoms with Crippen molar-refractivity contribution in [1.29, 1.82) is 0 Å². The van der Waals surface area contributed by atoms with Crippen LogP contribution in [0.15, 0.2) is 0 Å². The minimum atomic E-state index is -0.0338. The third-order valence-electron chi connectivity index (χ3n) is 3.20. The van der Waals surface area contributed by atoms with Gasteiger partial charge in [0, 0.05) is 6.04 Å². The highest BCUT2D eigenvalue weighted by molar-refractivity contribution is 5.92. The number of piperazine rings is 1. The maximum atomic E-state index is 11.6. The Morgan fingerprint density at radius 3 is 2.60 bits per heavy atom. The molecular formula is C10H17N3O2. The summed E-state index contributed by atoms with van der Waals surface area (Å²) in [6.07, 6.45) is 1.96. The van der Waals surface area contributed by atoms with Crippen molar-refractivity contribution in [2.24, 2.45) is 0 Å². The molecule has 2 saturated heterocycles. The molecule has 2 amide bonds. The third-order valence-corrected chi connectivity index (χ3v) is 3.20. The number of amides is 2. The summed E-state index contributed by atoms with van der Waals surface area (Å²) < 4.78 is 0. The summed E-state index contributed by atoms with van der Waals surface area (Å²) in [5.74, 6) is 0.0256. The normalized spacial score (nSPS) is 25.5. The molecule has 2 rings (SSSR count). The minimum absolute atomic E-state index is 0.0338. The Morgan fingerprint density at radius 1 is 1.27 bits per heavy atom. The summed E-state index contributed by atoms with van der Waals surface area (Å²) in [6, 6.07) is 0.264. The van der Waals surface area contributed by atoms with Crippen LogP contribution >= 0.6 is 0 Å². The fraction of sp³-hybridized carbons (Fsp3) is 0.800. The summed E-state index contributed by atoms with van der Waals surface area (Å²) in [7, 11) is 2.08. The van der Waals surface area contributed by atoms with E-state index < -0.39 is 0 Å². The zero-order valence-corrected chi connectivity index (χ0v) is 9.03. The Hall–Kier alpha value is -1.10. The van der Waals surface area contributed by atoms with Crippen LogP contribution in [0.2, 0.25) is 0 Å². The van der Waals surface area contributed by atoms with E-state index >= 15 is 0 Å². The summed E-state index contributed by atoms with van der Waals surface area (Å²) in [5, 5.41) is 2.57. The van der Waals surface area contributed by atoms with Crippen molar-refractivity contribution in [3.05, 3.63) is 0 Å². The molecule has 0 aromatic rings. The lowest BCUT2D eigenvalue weighted by Gasteiger charge is -2.38. The van der Waals surface area contributed by atoms with Crippen LogP contribution < -0.4 is 5.32 Å². The van der Waals surface area contributed by atoms with E-state index in [2.05, 4.69) is 17.3 Å². The van der Waals surface area contributed by atoms with Gasteiger partial charge in [-0.15, -0.1) is 0 Å². The monoisotopic (exact) mass is 211 g/mol. The number of nitrogens with zero attached hydrogens (tertiary/aromatic N) is 2. The highest BCUT2D eigenvalue weighted by Gasteiger charge is 2.31. The van der Waals surface area contributed by atoms with Crippen LogP contribution in [0.5, 0.6) is 0 Å². The molecule has 2 aliphatic rings. The van der Waals surface area contributed by atoms with Crippen molar-refractivity contribution >= 4 is 11.8 Å². The van der Waals surface area contributed by atoms with Gasteiger partial charge in [-0.25, -0.2) is 0 Å². The largest absolute Gasteiger partial charge is 0.345 e. The van der Waals surface area contributed by atoms with Crippen molar-refractivity contribution in [3.63, 3.8) is 0 Å². The molecule has 2 fully saturated rings. The maximum Gasteiger partial charge on any atom is 0.242 e. The second kappa shape index (κ2) is 4.18. The number of carbonyl (C=O) groups excluding carboxylic acids is 2. The van der Waals surface area contributed by atoms with Gasteiger partial charge in [-0.05, 0) is 33.0 Å². The maximum absolute atomic E-state index is 11.6. The van der Waals surface area contributed by atoms with E-state index in [1.165, 1.54) is 0 Å². The molecule has 0 saturated carbocycles. The molecule has 0 aliphatic carbocycles. The molecule has 5 nitrogen and oxygen atoms in total. The molecule has 0 unspecified atom stereocenters. The number of hydrogen-bond donors (Lipinski definition) is 1. The van der Waals surface area contributed by atoms with Gasteiger partial charge in [0.05, 0.1) is 13.1 Å². The molecule has 5 heteroatoms. The van der Waals surface area contributed by atoms with Gasteiger partial charge in [0.15, 0.2) is 0 Å². The van der Waals surface area contributed by atoms with Gasteiger partial charge in [0.2, 0.25) is 11.8 Å². The van der Waals surface area contributed by atoms with Crippen molar-refractivity contribution in [3.8, 4) is 0 Å². The Bertz CT molecular complexity index is 272. The van der Waals surface area contributed by atoms with Crippen LogP contribution in [0.25, 0.3) is 0 Å². The summed E-state index contributed by atoms with van der Waals surface area (Å²) >= 11 is 0. The zero-order chi connectivity index (χ0) is 10.8. The molecule has 15 heavy (non-hydrogen) atoms. The first-order valence-electron chi connectivity index (χ1n) is 5.41. The van der Waals surface area contributed by atoms with E-state index in [1.807, 2.05) is 0 Å². The fourth-order valence-corrected chi connectivity index (χ4v) is 2.21. The lowest BCUT2D eigenvalue weighted by molar-refractivity contribution is -0.143. The molecule has 84 valence electrons. The SMILES string of the molecule is CN1CCC(N2CC(=O)NCC2=O)CC1. The molecule has 0 spiro atoms. The van der Waals surface area contributed by atoms with E-state index in [0.29, 0.717) is 0 Å². The standard InChI is InChI=1S/C10H17N3O2/c1-12-4-2-8(3-5-12)13-7-9(14)11-6-10(13)15/h8H,2-7H2,1H3,(H,11,14). The van der Waals surface area contributed by atoms with Gasteiger partial charge in [-0.3, -0.25) is 9.59 Å². The van der Waals surface area contributed by atoms with Gasteiger partial charge < -0.3 is 15.1 Å². The van der Waals surface area contributed by atoms with Crippen LogP contribution in [-0.4, -0.2) is 60.9 Å². The van der Waals surface area contributed by atoms with Crippen molar-refractivity contribution in [2.45, 2.75) is 18.9 Å². The first-order valence-corrected chi connectivity index (χ1v) is 5.41. The summed E-state index contributed by atoms with van der Waals surface area (Å²) in [6.45, 7) is 2.44. The summed E-state index contributed by atoms with van der Waals surface area (Å²) in [4.78, 5) is 26.8. The van der Waals surface area contributed by atoms with Gasteiger partial charge in [0.25, 0.3) is 0 Å². The van der Waals surface area contributed by atoms with Crippen molar-refractivity contribution < 1.29 is 9.59 Å². The predicted octanol–water partition coefficient (Wildman–Crippen LogP) is -0.961. The zero-order valence-electron chi connectivity index (χ0n) is 9.03. The highest BCUT2D eigenvalue weighted by Crippen LogP contribution is 2.16. The molecule has 0 bridgehead atoms. The van der Waals surface area contributed by atoms with Crippen LogP contribution in [0, 0.1) is 0 Å². The molecule has 2 heterocycles. The first kappa shape index (κ1) is 10.4. The molecule has 0 aromatic heterocycles. The number of rotatable bonds is 1. The molecule has 0 atom stereocenters. The second-order valence-electron chi connectivity index (χ2n) is 4.33. The topological polar surface area (TPSA) is 52.6 Å². The van der Waals surface area contributed by atoms with Crippen LogP contribution in [-0.2, 0) is 9.59 Å². The van der Waals surface area contributed by atoms with Crippen LogP contribution in [0.3, 0.4) is 0 Å². The molecular weight excluding hydrogens is 194 g/mol. The van der Waals surface area contributed by atoms with Crippen LogP contribution in [0.4, 0.5) is 0 Å². The molecule has 0 aromatic carbocycles. The Balaban J connectivity index is 1.96. The molecule has 0 radical (unpaired) electrons. The Labute approximate surface area is 89.4 Å². The number of carbonyl (C=O) groups is 2. The number of hydrogen-bond acceptors (Lipinski definition) is 3. The fourth-order valence-electron chi connectivity index (χ4n) is 2.21.